The molecule has 4 heteroatoms. The fraction of sp³-hybridized carbons (Fsp3) is 0.176. The lowest BCUT2D eigenvalue weighted by Gasteiger charge is -2.09. The molecule has 0 spiro atoms. The zero-order chi connectivity index (χ0) is 14.8. The van der Waals surface area contributed by atoms with E-state index in [0.29, 0.717) is 17.9 Å². The number of hydrogen-bond donors (Lipinski definition) is 0. The van der Waals surface area contributed by atoms with E-state index in [4.69, 9.17) is 4.74 Å². The molecule has 2 aromatic heterocycles. The van der Waals surface area contributed by atoms with Crippen molar-refractivity contribution < 1.29 is 9.53 Å². The zero-order valence-electron chi connectivity index (χ0n) is 11.9. The average Bonchev–Trinajstić information content (AvgIpc) is 2.93. The van der Waals surface area contributed by atoms with Crippen LogP contribution in [0, 0.1) is 13.8 Å². The van der Waals surface area contributed by atoms with Crippen molar-refractivity contribution in [1.82, 2.24) is 4.98 Å². The van der Waals surface area contributed by atoms with Crippen molar-refractivity contribution in [3.63, 3.8) is 0 Å². The molecule has 0 unspecified atom stereocenters. The van der Waals surface area contributed by atoms with Crippen LogP contribution in [-0.4, -0.2) is 11.3 Å². The molecule has 0 saturated heterocycles. The number of aldehydes is 1. The van der Waals surface area contributed by atoms with Gasteiger partial charge in [0.15, 0.2) is 6.29 Å². The Hall–Kier alpha value is -2.20. The third kappa shape index (κ3) is 2.81. The van der Waals surface area contributed by atoms with Gasteiger partial charge in [-0.05, 0) is 43.5 Å². The minimum Gasteiger partial charge on any atom is -0.489 e. The maximum atomic E-state index is 11.2. The lowest BCUT2D eigenvalue weighted by molar-refractivity contribution is 0.112. The molecule has 3 rings (SSSR count). The lowest BCUT2D eigenvalue weighted by Crippen LogP contribution is -2.00. The third-order valence-corrected chi connectivity index (χ3v) is 4.30. The number of aryl methyl sites for hydroxylation is 2. The summed E-state index contributed by atoms with van der Waals surface area (Å²) < 4.78 is 6.90. The molecule has 106 valence electrons. The number of fused-ring (bicyclic) bond motifs is 1. The number of rotatable bonds is 4. The number of carbonyl (C=O) groups is 1. The van der Waals surface area contributed by atoms with Crippen molar-refractivity contribution in [1.29, 1.82) is 0 Å². The number of aromatic nitrogens is 1. The van der Waals surface area contributed by atoms with Gasteiger partial charge in [0.1, 0.15) is 12.4 Å². The summed E-state index contributed by atoms with van der Waals surface area (Å²) in [6.45, 7) is 4.40. The van der Waals surface area contributed by atoms with Crippen molar-refractivity contribution in [2.45, 2.75) is 20.5 Å². The summed E-state index contributed by atoms with van der Waals surface area (Å²) >= 11 is 1.61. The number of nitrogens with zero attached hydrogens (tertiary/aromatic N) is 1. The molecule has 0 radical (unpaired) electrons. The monoisotopic (exact) mass is 297 g/mol. The van der Waals surface area contributed by atoms with Crippen LogP contribution in [0.15, 0.2) is 35.7 Å². The second kappa shape index (κ2) is 5.66. The highest BCUT2D eigenvalue weighted by atomic mass is 32.1. The molecule has 0 saturated carbocycles. The van der Waals surface area contributed by atoms with E-state index in [0.717, 1.165) is 33.3 Å². The van der Waals surface area contributed by atoms with Gasteiger partial charge in [0.2, 0.25) is 0 Å². The number of hydrogen-bond acceptors (Lipinski definition) is 4. The van der Waals surface area contributed by atoms with Crippen molar-refractivity contribution >= 4 is 27.7 Å². The summed E-state index contributed by atoms with van der Waals surface area (Å²) in [7, 11) is 0. The van der Waals surface area contributed by atoms with E-state index in [9.17, 15) is 4.79 Å². The van der Waals surface area contributed by atoms with Crippen LogP contribution in [-0.2, 0) is 6.61 Å². The fourth-order valence-corrected chi connectivity index (χ4v) is 3.13. The number of thiophene rings is 1. The molecule has 0 bridgehead atoms. The molecule has 0 aliphatic rings. The molecule has 0 N–H and O–H groups in total. The van der Waals surface area contributed by atoms with Crippen LogP contribution in [0.1, 0.15) is 27.3 Å². The summed E-state index contributed by atoms with van der Waals surface area (Å²) in [5.41, 5.74) is 3.70. The molecule has 0 amide bonds. The van der Waals surface area contributed by atoms with Gasteiger partial charge in [-0.3, -0.25) is 9.78 Å². The van der Waals surface area contributed by atoms with Gasteiger partial charge in [0, 0.05) is 32.6 Å². The summed E-state index contributed by atoms with van der Waals surface area (Å²) in [6.07, 6.45) is 0.876. The number of benzene rings is 1. The maximum Gasteiger partial charge on any atom is 0.150 e. The molecule has 1 aromatic carbocycles. The summed E-state index contributed by atoms with van der Waals surface area (Å²) in [5.74, 6) is 0.715. The first kappa shape index (κ1) is 13.8. The molecule has 0 atom stereocenters. The van der Waals surface area contributed by atoms with Gasteiger partial charge in [-0.2, -0.15) is 0 Å². The van der Waals surface area contributed by atoms with E-state index in [2.05, 4.69) is 4.98 Å². The molecular weight excluding hydrogens is 282 g/mol. The first-order valence-corrected chi connectivity index (χ1v) is 7.57. The van der Waals surface area contributed by atoms with Crippen molar-refractivity contribution in [3.05, 3.63) is 58.2 Å². The quantitative estimate of drug-likeness (QED) is 0.674. The van der Waals surface area contributed by atoms with Gasteiger partial charge in [-0.15, -0.1) is 11.3 Å². The normalized spacial score (nSPS) is 10.8. The highest BCUT2D eigenvalue weighted by Crippen LogP contribution is 2.29. The predicted molar refractivity (Wildman–Crippen MR) is 85.3 cm³/mol. The van der Waals surface area contributed by atoms with Gasteiger partial charge in [0.25, 0.3) is 0 Å². The van der Waals surface area contributed by atoms with Crippen LogP contribution < -0.4 is 4.74 Å². The Morgan fingerprint density at radius 2 is 2.10 bits per heavy atom. The van der Waals surface area contributed by atoms with Crippen LogP contribution in [0.2, 0.25) is 0 Å². The predicted octanol–water partition coefficient (Wildman–Crippen LogP) is 4.30. The van der Waals surface area contributed by atoms with E-state index in [1.165, 1.54) is 0 Å². The van der Waals surface area contributed by atoms with Crippen molar-refractivity contribution in [2.24, 2.45) is 0 Å². The summed E-state index contributed by atoms with van der Waals surface area (Å²) in [6, 6.07) is 9.73. The Morgan fingerprint density at radius 1 is 1.24 bits per heavy atom. The molecule has 2 heterocycles. The Kier molecular flexibility index (Phi) is 3.71. The van der Waals surface area contributed by atoms with Crippen LogP contribution >= 0.6 is 11.3 Å². The second-order valence-corrected chi connectivity index (χ2v) is 5.90. The molecular formula is C17H15NO2S. The van der Waals surface area contributed by atoms with Crippen molar-refractivity contribution in [3.8, 4) is 5.75 Å². The van der Waals surface area contributed by atoms with Crippen LogP contribution in [0.5, 0.6) is 5.75 Å². The molecule has 0 fully saturated rings. The topological polar surface area (TPSA) is 39.2 Å². The van der Waals surface area contributed by atoms with Gasteiger partial charge in [0.05, 0.1) is 0 Å². The highest BCUT2D eigenvalue weighted by Gasteiger charge is 2.07. The second-order valence-electron chi connectivity index (χ2n) is 4.95. The Morgan fingerprint density at radius 3 is 2.86 bits per heavy atom. The molecule has 21 heavy (non-hydrogen) atoms. The molecule has 3 nitrogen and oxygen atoms in total. The SMILES string of the molecule is Cc1ccc(COc2cc(C=O)c3ccsc3c2)c(C)n1. The molecule has 0 aliphatic heterocycles. The third-order valence-electron chi connectivity index (χ3n) is 3.43. The first-order chi connectivity index (χ1) is 10.2. The first-order valence-electron chi connectivity index (χ1n) is 6.70. The van der Waals surface area contributed by atoms with Crippen molar-refractivity contribution in [2.75, 3.05) is 0 Å². The maximum absolute atomic E-state index is 11.2. The number of ether oxygens (including phenoxy) is 1. The van der Waals surface area contributed by atoms with Crippen LogP contribution in [0.3, 0.4) is 0 Å². The minimum absolute atomic E-state index is 0.453. The standard InChI is InChI=1S/C17H15NO2S/c1-11-3-4-13(12(2)18-11)10-20-15-7-14(9-19)16-5-6-21-17(16)8-15/h3-9H,10H2,1-2H3. The van der Waals surface area contributed by atoms with E-state index in [1.807, 2.05) is 43.5 Å². The van der Waals surface area contributed by atoms with E-state index in [1.54, 1.807) is 17.4 Å². The lowest BCUT2D eigenvalue weighted by atomic mass is 10.1. The Bertz CT molecular complexity index is 808. The summed E-state index contributed by atoms with van der Waals surface area (Å²) in [5, 5.41) is 2.96. The zero-order valence-corrected chi connectivity index (χ0v) is 12.7. The van der Waals surface area contributed by atoms with Gasteiger partial charge < -0.3 is 4.74 Å². The Balaban J connectivity index is 1.86. The fourth-order valence-electron chi connectivity index (χ4n) is 2.28. The van der Waals surface area contributed by atoms with Gasteiger partial charge in [-0.25, -0.2) is 0 Å². The average molecular weight is 297 g/mol. The van der Waals surface area contributed by atoms with Crippen LogP contribution in [0.4, 0.5) is 0 Å². The largest absolute Gasteiger partial charge is 0.489 e. The van der Waals surface area contributed by atoms with E-state index < -0.39 is 0 Å². The van der Waals surface area contributed by atoms with Gasteiger partial charge >= 0.3 is 0 Å². The van der Waals surface area contributed by atoms with E-state index >= 15 is 0 Å². The van der Waals surface area contributed by atoms with Crippen LogP contribution in [0.25, 0.3) is 10.1 Å². The van der Waals surface area contributed by atoms with Gasteiger partial charge in [-0.1, -0.05) is 6.07 Å². The smallest absolute Gasteiger partial charge is 0.150 e. The molecule has 3 aromatic rings. The number of pyridine rings is 1. The molecule has 0 aliphatic carbocycles. The highest BCUT2D eigenvalue weighted by molar-refractivity contribution is 7.17. The number of carbonyl (C=O) groups excluding carboxylic acids is 1. The Labute approximate surface area is 127 Å². The minimum atomic E-state index is 0.453. The van der Waals surface area contributed by atoms with E-state index in [-0.39, 0.29) is 0 Å². The summed E-state index contributed by atoms with van der Waals surface area (Å²) in [4.78, 5) is 15.6.